The molecule has 0 saturated carbocycles. The van der Waals surface area contributed by atoms with E-state index in [1.165, 1.54) is 19.1 Å². The number of ketones is 1. The van der Waals surface area contributed by atoms with Gasteiger partial charge in [0.2, 0.25) is 0 Å². The smallest absolute Gasteiger partial charge is 0.269 e. The van der Waals surface area contributed by atoms with Crippen molar-refractivity contribution in [3.63, 3.8) is 0 Å². The van der Waals surface area contributed by atoms with E-state index in [0.717, 1.165) is 6.29 Å². The van der Waals surface area contributed by atoms with Crippen molar-refractivity contribution in [3.05, 3.63) is 39.9 Å². The summed E-state index contributed by atoms with van der Waals surface area (Å²) in [6, 6.07) is 6.08. The molecule has 0 aromatic heterocycles. The molecule has 1 rings (SSSR count). The first-order valence-electron chi connectivity index (χ1n) is 6.77. The predicted molar refractivity (Wildman–Crippen MR) is 77.0 cm³/mol. The second-order valence-corrected chi connectivity index (χ2v) is 4.94. The van der Waals surface area contributed by atoms with Gasteiger partial charge in [-0.1, -0.05) is 12.1 Å². The summed E-state index contributed by atoms with van der Waals surface area (Å²) in [5, 5.41) is 10.8. The summed E-state index contributed by atoms with van der Waals surface area (Å²) in [7, 11) is 0. The van der Waals surface area contributed by atoms with Crippen LogP contribution < -0.4 is 0 Å². The molecule has 0 bridgehead atoms. The lowest BCUT2D eigenvalue weighted by Crippen LogP contribution is -2.16. The van der Waals surface area contributed by atoms with Crippen LogP contribution in [0.4, 0.5) is 5.69 Å². The third-order valence-corrected chi connectivity index (χ3v) is 3.01. The Balaban J connectivity index is 2.90. The van der Waals surface area contributed by atoms with Crippen LogP contribution in [0.25, 0.3) is 0 Å². The first-order valence-corrected chi connectivity index (χ1v) is 6.77. The highest BCUT2D eigenvalue weighted by molar-refractivity contribution is 5.76. The van der Waals surface area contributed by atoms with Gasteiger partial charge in [0.25, 0.3) is 5.69 Å². The number of hydrogen-bond acceptors (Lipinski definition) is 5. The summed E-state index contributed by atoms with van der Waals surface area (Å²) in [4.78, 5) is 32.1. The summed E-state index contributed by atoms with van der Waals surface area (Å²) < 4.78 is 5.78. The van der Waals surface area contributed by atoms with Crippen molar-refractivity contribution in [1.29, 1.82) is 0 Å². The number of hydrogen-bond donors (Lipinski definition) is 0. The van der Waals surface area contributed by atoms with Crippen LogP contribution in [0, 0.1) is 10.1 Å². The molecule has 114 valence electrons. The van der Waals surface area contributed by atoms with Crippen molar-refractivity contribution in [2.75, 3.05) is 0 Å². The molecule has 0 unspecified atom stereocenters. The average molecular weight is 293 g/mol. The van der Waals surface area contributed by atoms with E-state index in [0.29, 0.717) is 18.4 Å². The SMILES string of the molecule is CC(=O)C[C@H](O[C@@H](C)CCC=O)c1cccc([N+](=O)[O-])c1. The molecular weight excluding hydrogens is 274 g/mol. The first-order chi connectivity index (χ1) is 9.93. The molecule has 0 aliphatic heterocycles. The van der Waals surface area contributed by atoms with Crippen LogP contribution in [0.5, 0.6) is 0 Å². The van der Waals surface area contributed by atoms with Crippen LogP contribution in [0.1, 0.15) is 44.8 Å². The van der Waals surface area contributed by atoms with Crippen molar-refractivity contribution < 1.29 is 19.2 Å². The van der Waals surface area contributed by atoms with Crippen LogP contribution >= 0.6 is 0 Å². The maximum atomic E-state index is 11.4. The Morgan fingerprint density at radius 3 is 2.76 bits per heavy atom. The normalized spacial score (nSPS) is 13.4. The molecule has 1 aromatic rings. The van der Waals surface area contributed by atoms with Gasteiger partial charge in [-0.2, -0.15) is 0 Å². The van der Waals surface area contributed by atoms with Crippen molar-refractivity contribution >= 4 is 17.8 Å². The van der Waals surface area contributed by atoms with Crippen molar-refractivity contribution in [1.82, 2.24) is 0 Å². The first kappa shape index (κ1) is 17.0. The van der Waals surface area contributed by atoms with E-state index in [9.17, 15) is 19.7 Å². The zero-order valence-electron chi connectivity index (χ0n) is 12.2. The highest BCUT2D eigenvalue weighted by atomic mass is 16.6. The number of aldehydes is 1. The molecule has 0 fully saturated rings. The Hall–Kier alpha value is -2.08. The standard InChI is InChI=1S/C15H19NO5/c1-11(18)9-15(21-12(2)5-4-8-17)13-6-3-7-14(10-13)16(19)20/h3,6-8,10,12,15H,4-5,9H2,1-2H3/t12-,15-/m0/s1. The molecule has 0 saturated heterocycles. The van der Waals surface area contributed by atoms with E-state index >= 15 is 0 Å². The highest BCUT2D eigenvalue weighted by Gasteiger charge is 2.19. The number of nitrogens with zero attached hydrogens (tertiary/aromatic N) is 1. The summed E-state index contributed by atoms with van der Waals surface area (Å²) in [6.07, 6.45) is 1.14. The largest absolute Gasteiger partial charge is 0.370 e. The molecule has 0 radical (unpaired) electrons. The summed E-state index contributed by atoms with van der Waals surface area (Å²) in [5.41, 5.74) is 0.558. The van der Waals surface area contributed by atoms with Gasteiger partial charge in [-0.3, -0.25) is 14.9 Å². The van der Waals surface area contributed by atoms with Crippen molar-refractivity contribution in [3.8, 4) is 0 Å². The van der Waals surface area contributed by atoms with Gasteiger partial charge in [-0.25, -0.2) is 0 Å². The zero-order chi connectivity index (χ0) is 15.8. The quantitative estimate of drug-likeness (QED) is 0.397. The van der Waals surface area contributed by atoms with E-state index in [2.05, 4.69) is 0 Å². The van der Waals surface area contributed by atoms with E-state index in [1.807, 2.05) is 6.92 Å². The van der Waals surface area contributed by atoms with Crippen LogP contribution in [0.3, 0.4) is 0 Å². The van der Waals surface area contributed by atoms with Gasteiger partial charge in [0.05, 0.1) is 17.1 Å². The number of benzene rings is 1. The number of nitro benzene ring substituents is 1. The van der Waals surface area contributed by atoms with Crippen LogP contribution in [-0.2, 0) is 14.3 Å². The number of non-ortho nitro benzene ring substituents is 1. The lowest BCUT2D eigenvalue weighted by atomic mass is 10.0. The summed E-state index contributed by atoms with van der Waals surface area (Å²) in [6.45, 7) is 3.26. The van der Waals surface area contributed by atoms with Gasteiger partial charge in [0.1, 0.15) is 12.1 Å². The number of rotatable bonds is 9. The minimum atomic E-state index is -0.538. The van der Waals surface area contributed by atoms with Gasteiger partial charge in [-0.05, 0) is 25.8 Å². The molecule has 0 spiro atoms. The zero-order valence-corrected chi connectivity index (χ0v) is 12.2. The van der Waals surface area contributed by atoms with Crippen LogP contribution in [0.2, 0.25) is 0 Å². The van der Waals surface area contributed by atoms with Gasteiger partial charge in [0.15, 0.2) is 0 Å². The molecule has 0 aliphatic rings. The lowest BCUT2D eigenvalue weighted by molar-refractivity contribution is -0.385. The molecular formula is C15H19NO5. The minimum absolute atomic E-state index is 0.0369. The van der Waals surface area contributed by atoms with E-state index in [-0.39, 0.29) is 24.0 Å². The van der Waals surface area contributed by atoms with Gasteiger partial charge in [-0.15, -0.1) is 0 Å². The Kier molecular flexibility index (Phi) is 6.68. The molecule has 0 amide bonds. The molecule has 6 heteroatoms. The third-order valence-electron chi connectivity index (χ3n) is 3.01. The number of carbonyl (C=O) groups is 2. The van der Waals surface area contributed by atoms with E-state index in [4.69, 9.17) is 4.74 Å². The lowest BCUT2D eigenvalue weighted by Gasteiger charge is -2.21. The molecule has 2 atom stereocenters. The van der Waals surface area contributed by atoms with Crippen molar-refractivity contribution in [2.45, 2.75) is 45.3 Å². The summed E-state index contributed by atoms with van der Waals surface area (Å²) in [5.74, 6) is -0.0610. The predicted octanol–water partition coefficient (Wildman–Crippen LogP) is 3.00. The maximum Gasteiger partial charge on any atom is 0.269 e. The Bertz CT molecular complexity index is 515. The topological polar surface area (TPSA) is 86.5 Å². The second-order valence-electron chi connectivity index (χ2n) is 4.94. The Morgan fingerprint density at radius 1 is 1.48 bits per heavy atom. The fourth-order valence-electron chi connectivity index (χ4n) is 2.00. The van der Waals surface area contributed by atoms with Crippen LogP contribution in [0.15, 0.2) is 24.3 Å². The molecule has 1 aromatic carbocycles. The molecule has 21 heavy (non-hydrogen) atoms. The van der Waals surface area contributed by atoms with Gasteiger partial charge < -0.3 is 9.53 Å². The van der Waals surface area contributed by atoms with E-state index < -0.39 is 11.0 Å². The third kappa shape index (κ3) is 5.83. The Labute approximate surface area is 123 Å². The fourth-order valence-corrected chi connectivity index (χ4v) is 2.00. The molecule has 0 N–H and O–H groups in total. The monoisotopic (exact) mass is 293 g/mol. The molecule has 6 nitrogen and oxygen atoms in total. The number of Topliss-reactive ketones (excluding diaryl/α,β-unsaturated/α-hetero) is 1. The number of carbonyl (C=O) groups excluding carboxylic acids is 2. The second kappa shape index (κ2) is 8.26. The average Bonchev–Trinajstić information content (AvgIpc) is 2.44. The fraction of sp³-hybridized carbons (Fsp3) is 0.467. The summed E-state index contributed by atoms with van der Waals surface area (Å²) >= 11 is 0. The number of nitro groups is 1. The molecule has 0 heterocycles. The Morgan fingerprint density at radius 2 is 2.19 bits per heavy atom. The highest BCUT2D eigenvalue weighted by Crippen LogP contribution is 2.27. The van der Waals surface area contributed by atoms with Crippen LogP contribution in [-0.4, -0.2) is 23.1 Å². The maximum absolute atomic E-state index is 11.4. The number of ether oxygens (including phenoxy) is 1. The van der Waals surface area contributed by atoms with E-state index in [1.54, 1.807) is 12.1 Å². The molecule has 0 aliphatic carbocycles. The minimum Gasteiger partial charge on any atom is -0.370 e. The van der Waals surface area contributed by atoms with Gasteiger partial charge in [0, 0.05) is 25.0 Å². The van der Waals surface area contributed by atoms with Gasteiger partial charge >= 0.3 is 0 Å². The van der Waals surface area contributed by atoms with Crippen molar-refractivity contribution in [2.24, 2.45) is 0 Å².